The first-order chi connectivity index (χ1) is 13.1. The van der Waals surface area contributed by atoms with E-state index >= 15 is 0 Å². The number of hydrogen-bond donors (Lipinski definition) is 0. The lowest BCUT2D eigenvalue weighted by atomic mass is 9.96. The molecule has 1 saturated heterocycles. The van der Waals surface area contributed by atoms with Gasteiger partial charge in [-0.05, 0) is 55.5 Å². The van der Waals surface area contributed by atoms with Crippen molar-refractivity contribution in [3.63, 3.8) is 0 Å². The molecule has 0 saturated carbocycles. The van der Waals surface area contributed by atoms with E-state index in [2.05, 4.69) is 6.92 Å². The van der Waals surface area contributed by atoms with Crippen LogP contribution >= 0.6 is 0 Å². The molecule has 2 unspecified atom stereocenters. The van der Waals surface area contributed by atoms with E-state index in [0.29, 0.717) is 23.8 Å². The van der Waals surface area contributed by atoms with Gasteiger partial charge in [0.1, 0.15) is 12.4 Å². The van der Waals surface area contributed by atoms with Crippen LogP contribution < -0.4 is 9.47 Å². The summed E-state index contributed by atoms with van der Waals surface area (Å²) in [4.78, 5) is 0. The Morgan fingerprint density at radius 3 is 2.37 bits per heavy atom. The molecule has 2 atom stereocenters. The second kappa shape index (κ2) is 9.18. The first kappa shape index (κ1) is 19.6. The average Bonchev–Trinajstić information content (AvgIpc) is 2.71. The molecule has 0 spiro atoms. The van der Waals surface area contributed by atoms with Crippen LogP contribution in [0.3, 0.4) is 0 Å². The molecule has 0 N–H and O–H groups in total. The summed E-state index contributed by atoms with van der Waals surface area (Å²) in [7, 11) is 0. The van der Waals surface area contributed by atoms with Gasteiger partial charge < -0.3 is 14.2 Å². The van der Waals surface area contributed by atoms with Crippen LogP contribution in [0.15, 0.2) is 36.4 Å². The predicted octanol–water partition coefficient (Wildman–Crippen LogP) is 5.61. The molecule has 2 aromatic carbocycles. The minimum Gasteiger partial charge on any atom is -0.491 e. The SMILES string of the molecule is CCOc1ccc(-c2ccc(OCC3CCC(CC)CO3)cc2)c(F)c1F. The molecule has 1 heterocycles. The zero-order valence-electron chi connectivity index (χ0n) is 15.8. The molecule has 0 radical (unpaired) electrons. The number of ether oxygens (including phenoxy) is 3. The Balaban J connectivity index is 1.61. The summed E-state index contributed by atoms with van der Waals surface area (Å²) in [5.74, 6) is -0.599. The summed E-state index contributed by atoms with van der Waals surface area (Å²) in [5.41, 5.74) is 0.783. The van der Waals surface area contributed by atoms with Crippen molar-refractivity contribution in [2.45, 2.75) is 39.2 Å². The highest BCUT2D eigenvalue weighted by atomic mass is 19.2. The maximum atomic E-state index is 14.3. The monoisotopic (exact) mass is 376 g/mol. The number of benzene rings is 2. The Morgan fingerprint density at radius 2 is 1.74 bits per heavy atom. The highest BCUT2D eigenvalue weighted by molar-refractivity contribution is 5.66. The molecule has 146 valence electrons. The predicted molar refractivity (Wildman–Crippen MR) is 101 cm³/mol. The van der Waals surface area contributed by atoms with Gasteiger partial charge in [0.15, 0.2) is 11.6 Å². The Bertz CT molecular complexity index is 738. The number of rotatable bonds is 7. The van der Waals surface area contributed by atoms with E-state index in [4.69, 9.17) is 14.2 Å². The van der Waals surface area contributed by atoms with Crippen LogP contribution in [-0.4, -0.2) is 25.9 Å². The smallest absolute Gasteiger partial charge is 0.201 e. The minimum absolute atomic E-state index is 0.0727. The maximum absolute atomic E-state index is 14.3. The largest absolute Gasteiger partial charge is 0.491 e. The zero-order valence-corrected chi connectivity index (χ0v) is 15.8. The molecule has 27 heavy (non-hydrogen) atoms. The fourth-order valence-electron chi connectivity index (χ4n) is 3.26. The summed E-state index contributed by atoms with van der Waals surface area (Å²) in [6, 6.07) is 9.96. The molecular formula is C22H26F2O3. The fourth-order valence-corrected chi connectivity index (χ4v) is 3.26. The average molecular weight is 376 g/mol. The molecule has 5 heteroatoms. The van der Waals surface area contributed by atoms with E-state index in [-0.39, 0.29) is 24.0 Å². The van der Waals surface area contributed by atoms with Crippen molar-refractivity contribution in [2.75, 3.05) is 19.8 Å². The van der Waals surface area contributed by atoms with Gasteiger partial charge in [0.2, 0.25) is 5.82 Å². The van der Waals surface area contributed by atoms with Crippen molar-refractivity contribution < 1.29 is 23.0 Å². The van der Waals surface area contributed by atoms with Crippen molar-refractivity contribution in [1.29, 1.82) is 0 Å². The first-order valence-corrected chi connectivity index (χ1v) is 9.58. The summed E-state index contributed by atoms with van der Waals surface area (Å²) in [6.07, 6.45) is 3.45. The second-order valence-corrected chi connectivity index (χ2v) is 6.81. The van der Waals surface area contributed by atoms with Gasteiger partial charge in [0, 0.05) is 12.2 Å². The Kier molecular flexibility index (Phi) is 6.67. The van der Waals surface area contributed by atoms with E-state index in [1.807, 2.05) is 0 Å². The van der Waals surface area contributed by atoms with Gasteiger partial charge in [-0.1, -0.05) is 25.5 Å². The minimum atomic E-state index is -0.963. The second-order valence-electron chi connectivity index (χ2n) is 6.81. The molecule has 3 rings (SSSR count). The maximum Gasteiger partial charge on any atom is 0.201 e. The van der Waals surface area contributed by atoms with Crippen molar-refractivity contribution in [2.24, 2.45) is 5.92 Å². The van der Waals surface area contributed by atoms with Crippen LogP contribution in [0, 0.1) is 17.6 Å². The summed E-state index contributed by atoms with van der Waals surface area (Å²) in [6.45, 7) is 5.50. The summed E-state index contributed by atoms with van der Waals surface area (Å²) in [5, 5.41) is 0. The van der Waals surface area contributed by atoms with E-state index in [1.54, 1.807) is 31.2 Å². The zero-order chi connectivity index (χ0) is 19.2. The topological polar surface area (TPSA) is 27.7 Å². The molecule has 0 bridgehead atoms. The van der Waals surface area contributed by atoms with Gasteiger partial charge in [-0.2, -0.15) is 4.39 Å². The molecule has 0 amide bonds. The molecule has 2 aromatic rings. The van der Waals surface area contributed by atoms with Crippen LogP contribution in [0.2, 0.25) is 0 Å². The lowest BCUT2D eigenvalue weighted by Crippen LogP contribution is -2.30. The van der Waals surface area contributed by atoms with E-state index in [9.17, 15) is 8.78 Å². The van der Waals surface area contributed by atoms with E-state index < -0.39 is 11.6 Å². The van der Waals surface area contributed by atoms with Crippen molar-refractivity contribution >= 4 is 0 Å². The quantitative estimate of drug-likeness (QED) is 0.628. The molecular weight excluding hydrogens is 350 g/mol. The van der Waals surface area contributed by atoms with Crippen molar-refractivity contribution in [3.8, 4) is 22.6 Å². The Morgan fingerprint density at radius 1 is 0.963 bits per heavy atom. The van der Waals surface area contributed by atoms with Gasteiger partial charge in [0.05, 0.1) is 12.7 Å². The lowest BCUT2D eigenvalue weighted by Gasteiger charge is -2.28. The van der Waals surface area contributed by atoms with Gasteiger partial charge in [-0.15, -0.1) is 0 Å². The number of halogens is 2. The van der Waals surface area contributed by atoms with Crippen molar-refractivity contribution in [1.82, 2.24) is 0 Å². The highest BCUT2D eigenvalue weighted by Gasteiger charge is 2.21. The van der Waals surface area contributed by atoms with Crippen LogP contribution in [0.4, 0.5) is 8.78 Å². The van der Waals surface area contributed by atoms with Gasteiger partial charge in [-0.3, -0.25) is 0 Å². The van der Waals surface area contributed by atoms with Crippen LogP contribution in [-0.2, 0) is 4.74 Å². The molecule has 0 aromatic heterocycles. The first-order valence-electron chi connectivity index (χ1n) is 9.58. The number of hydrogen-bond acceptors (Lipinski definition) is 3. The molecule has 3 nitrogen and oxygen atoms in total. The third-order valence-electron chi connectivity index (χ3n) is 4.99. The van der Waals surface area contributed by atoms with Gasteiger partial charge in [0.25, 0.3) is 0 Å². The molecule has 0 aliphatic carbocycles. The third kappa shape index (κ3) is 4.78. The van der Waals surface area contributed by atoms with Crippen LogP contribution in [0.25, 0.3) is 11.1 Å². The normalized spacial score (nSPS) is 19.7. The Labute approximate surface area is 159 Å². The fraction of sp³-hybridized carbons (Fsp3) is 0.455. The molecule has 1 fully saturated rings. The summed E-state index contributed by atoms with van der Waals surface area (Å²) >= 11 is 0. The van der Waals surface area contributed by atoms with E-state index in [0.717, 1.165) is 19.4 Å². The third-order valence-corrected chi connectivity index (χ3v) is 4.99. The lowest BCUT2D eigenvalue weighted by molar-refractivity contribution is -0.0380. The Hall–Kier alpha value is -2.14. The molecule has 1 aliphatic heterocycles. The highest BCUT2D eigenvalue weighted by Crippen LogP contribution is 2.31. The standard InChI is InChI=1S/C22H26F2O3/c1-3-15-5-8-18(26-13-15)14-27-17-9-6-16(7-10-17)19-11-12-20(25-4-2)22(24)21(19)23/h6-7,9-12,15,18H,3-5,8,13-14H2,1-2H3. The van der Waals surface area contributed by atoms with Crippen LogP contribution in [0.1, 0.15) is 33.1 Å². The van der Waals surface area contributed by atoms with Gasteiger partial charge >= 0.3 is 0 Å². The summed E-state index contributed by atoms with van der Waals surface area (Å²) < 4.78 is 45.1. The van der Waals surface area contributed by atoms with E-state index in [1.165, 1.54) is 18.6 Å². The van der Waals surface area contributed by atoms with Gasteiger partial charge in [-0.25, -0.2) is 4.39 Å². The van der Waals surface area contributed by atoms with Crippen molar-refractivity contribution in [3.05, 3.63) is 48.0 Å². The van der Waals surface area contributed by atoms with Crippen LogP contribution in [0.5, 0.6) is 11.5 Å². The molecule has 1 aliphatic rings.